The molecule has 0 bridgehead atoms. The molecule has 0 saturated heterocycles. The Morgan fingerprint density at radius 2 is 2.05 bits per heavy atom. The van der Waals surface area contributed by atoms with Crippen LogP contribution < -0.4 is 4.74 Å². The van der Waals surface area contributed by atoms with Gasteiger partial charge >= 0.3 is 0 Å². The van der Waals surface area contributed by atoms with E-state index in [-0.39, 0.29) is 0 Å². The van der Waals surface area contributed by atoms with Crippen LogP contribution in [0.3, 0.4) is 0 Å². The molecule has 0 aliphatic rings. The first-order valence-corrected chi connectivity index (χ1v) is 7.70. The van der Waals surface area contributed by atoms with Crippen molar-refractivity contribution in [2.45, 2.75) is 26.6 Å². The lowest BCUT2D eigenvalue weighted by Gasteiger charge is -2.15. The summed E-state index contributed by atoms with van der Waals surface area (Å²) in [6.45, 7) is 4.21. The highest BCUT2D eigenvalue weighted by atomic mass is 32.1. The molecule has 1 aromatic heterocycles. The molecule has 2 aromatic carbocycles. The van der Waals surface area contributed by atoms with Crippen LogP contribution in [0.5, 0.6) is 5.75 Å². The molecule has 0 aliphatic heterocycles. The topological polar surface area (TPSA) is 42.4 Å². The number of aromatic nitrogens is 1. The Labute approximate surface area is 127 Å². The van der Waals surface area contributed by atoms with E-state index in [0.717, 1.165) is 32.0 Å². The molecule has 3 rings (SSSR count). The first-order chi connectivity index (χ1) is 10.1. The molecule has 0 radical (unpaired) electrons. The summed E-state index contributed by atoms with van der Waals surface area (Å²) in [6.07, 6.45) is 1.28. The molecule has 3 nitrogen and oxygen atoms in total. The summed E-state index contributed by atoms with van der Waals surface area (Å²) in [5.74, 6) is 0.758. The van der Waals surface area contributed by atoms with E-state index in [1.54, 1.807) is 18.3 Å². The third kappa shape index (κ3) is 2.91. The fourth-order valence-corrected chi connectivity index (χ4v) is 3.07. The third-order valence-electron chi connectivity index (χ3n) is 3.39. The van der Waals surface area contributed by atoms with E-state index >= 15 is 0 Å². The molecule has 21 heavy (non-hydrogen) atoms. The zero-order chi connectivity index (χ0) is 14.8. The lowest BCUT2D eigenvalue weighted by atomic mass is 10.0. The van der Waals surface area contributed by atoms with Crippen LogP contribution in [-0.2, 0) is 6.61 Å². The molecule has 108 valence electrons. The SMILES string of the molecule is Cc1ncc(COc2c(C(C)O)ccc3ccccc23)s1. The Hall–Kier alpha value is -1.91. The van der Waals surface area contributed by atoms with Gasteiger partial charge in [-0.3, -0.25) is 0 Å². The minimum atomic E-state index is -0.562. The second kappa shape index (κ2) is 5.84. The summed E-state index contributed by atoms with van der Waals surface area (Å²) in [5, 5.41) is 13.1. The Bertz CT molecular complexity index is 764. The van der Waals surface area contributed by atoms with Crippen molar-refractivity contribution in [3.63, 3.8) is 0 Å². The van der Waals surface area contributed by atoms with E-state index in [9.17, 15) is 5.11 Å². The van der Waals surface area contributed by atoms with Crippen LogP contribution in [0.2, 0.25) is 0 Å². The molecule has 0 saturated carbocycles. The van der Waals surface area contributed by atoms with Crippen LogP contribution in [-0.4, -0.2) is 10.1 Å². The number of hydrogen-bond acceptors (Lipinski definition) is 4. The highest BCUT2D eigenvalue weighted by Gasteiger charge is 2.13. The second-order valence-electron chi connectivity index (χ2n) is 5.02. The van der Waals surface area contributed by atoms with Gasteiger partial charge in [-0.05, 0) is 19.2 Å². The van der Waals surface area contributed by atoms with E-state index in [4.69, 9.17) is 4.74 Å². The number of rotatable bonds is 4. The van der Waals surface area contributed by atoms with Gasteiger partial charge in [0.25, 0.3) is 0 Å². The van der Waals surface area contributed by atoms with Crippen molar-refractivity contribution < 1.29 is 9.84 Å². The van der Waals surface area contributed by atoms with Crippen LogP contribution >= 0.6 is 11.3 Å². The van der Waals surface area contributed by atoms with Gasteiger partial charge in [-0.2, -0.15) is 0 Å². The molecule has 0 spiro atoms. The standard InChI is InChI=1S/C17H17NO2S/c1-11(19)15-8-7-13-5-3-4-6-16(13)17(15)20-10-14-9-18-12(2)21-14/h3-9,11,19H,10H2,1-2H3. The predicted molar refractivity (Wildman–Crippen MR) is 85.8 cm³/mol. The number of aryl methyl sites for hydroxylation is 1. The molecule has 1 unspecified atom stereocenters. The number of benzene rings is 2. The van der Waals surface area contributed by atoms with Gasteiger partial charge in [0, 0.05) is 17.1 Å². The van der Waals surface area contributed by atoms with Gasteiger partial charge in [0.15, 0.2) is 0 Å². The molecule has 0 aliphatic carbocycles. The quantitative estimate of drug-likeness (QED) is 0.783. The summed E-state index contributed by atoms with van der Waals surface area (Å²) in [4.78, 5) is 5.32. The maximum Gasteiger partial charge on any atom is 0.133 e. The molecule has 4 heteroatoms. The van der Waals surface area contributed by atoms with Crippen LogP contribution in [0.15, 0.2) is 42.6 Å². The maximum absolute atomic E-state index is 9.98. The Balaban J connectivity index is 1.99. The van der Waals surface area contributed by atoms with Crippen molar-refractivity contribution in [3.8, 4) is 5.75 Å². The number of nitrogens with zero attached hydrogens (tertiary/aromatic N) is 1. The number of thiazole rings is 1. The summed E-state index contributed by atoms with van der Waals surface area (Å²) in [5.41, 5.74) is 0.815. The van der Waals surface area contributed by atoms with E-state index in [0.29, 0.717) is 6.61 Å². The van der Waals surface area contributed by atoms with Gasteiger partial charge in [-0.1, -0.05) is 36.4 Å². The van der Waals surface area contributed by atoms with Gasteiger partial charge < -0.3 is 9.84 Å². The Morgan fingerprint density at radius 3 is 2.76 bits per heavy atom. The maximum atomic E-state index is 9.98. The first-order valence-electron chi connectivity index (χ1n) is 6.89. The van der Waals surface area contributed by atoms with E-state index in [2.05, 4.69) is 4.98 Å². The number of ether oxygens (including phenoxy) is 1. The minimum absolute atomic E-state index is 0.471. The second-order valence-corrected chi connectivity index (χ2v) is 6.33. The fraction of sp³-hybridized carbons (Fsp3) is 0.235. The monoisotopic (exact) mass is 299 g/mol. The number of hydrogen-bond donors (Lipinski definition) is 1. The summed E-state index contributed by atoms with van der Waals surface area (Å²) in [7, 11) is 0. The summed E-state index contributed by atoms with van der Waals surface area (Å²) < 4.78 is 6.02. The zero-order valence-electron chi connectivity index (χ0n) is 12.0. The molecule has 1 atom stereocenters. The molecule has 3 aromatic rings. The highest BCUT2D eigenvalue weighted by molar-refractivity contribution is 7.11. The van der Waals surface area contributed by atoms with E-state index < -0.39 is 6.10 Å². The number of fused-ring (bicyclic) bond motifs is 1. The van der Waals surface area contributed by atoms with E-state index in [1.807, 2.05) is 49.5 Å². The van der Waals surface area contributed by atoms with Gasteiger partial charge in [-0.15, -0.1) is 11.3 Å². The Kier molecular flexibility index (Phi) is 3.90. The normalized spacial score (nSPS) is 12.5. The van der Waals surface area contributed by atoms with Crippen molar-refractivity contribution in [1.29, 1.82) is 0 Å². The predicted octanol–water partition coefficient (Wildman–Crippen LogP) is 4.24. The van der Waals surface area contributed by atoms with Crippen LogP contribution in [0, 0.1) is 6.92 Å². The molecule has 0 fully saturated rings. The van der Waals surface area contributed by atoms with Crippen LogP contribution in [0.25, 0.3) is 10.8 Å². The molecular weight excluding hydrogens is 282 g/mol. The highest BCUT2D eigenvalue weighted by Crippen LogP contribution is 2.34. The van der Waals surface area contributed by atoms with Gasteiger partial charge in [-0.25, -0.2) is 4.98 Å². The van der Waals surface area contributed by atoms with Crippen molar-refractivity contribution in [2.24, 2.45) is 0 Å². The van der Waals surface area contributed by atoms with Gasteiger partial charge in [0.2, 0.25) is 0 Å². The van der Waals surface area contributed by atoms with Crippen molar-refractivity contribution in [2.75, 3.05) is 0 Å². The van der Waals surface area contributed by atoms with Crippen molar-refractivity contribution in [1.82, 2.24) is 4.98 Å². The number of aliphatic hydroxyl groups is 1. The average molecular weight is 299 g/mol. The minimum Gasteiger partial charge on any atom is -0.487 e. The lowest BCUT2D eigenvalue weighted by molar-refractivity contribution is 0.191. The van der Waals surface area contributed by atoms with Crippen molar-refractivity contribution in [3.05, 3.63) is 58.0 Å². The zero-order valence-corrected chi connectivity index (χ0v) is 12.9. The largest absolute Gasteiger partial charge is 0.487 e. The van der Waals surface area contributed by atoms with Crippen LogP contribution in [0.1, 0.15) is 28.5 Å². The molecule has 0 amide bonds. The molecular formula is C17H17NO2S. The van der Waals surface area contributed by atoms with Gasteiger partial charge in [0.05, 0.1) is 16.0 Å². The van der Waals surface area contributed by atoms with Crippen molar-refractivity contribution >= 4 is 22.1 Å². The fourth-order valence-electron chi connectivity index (χ4n) is 2.37. The van der Waals surface area contributed by atoms with Crippen LogP contribution in [0.4, 0.5) is 0 Å². The lowest BCUT2D eigenvalue weighted by Crippen LogP contribution is -2.01. The number of aliphatic hydroxyl groups excluding tert-OH is 1. The summed E-state index contributed by atoms with van der Waals surface area (Å²) >= 11 is 1.63. The molecule has 1 N–H and O–H groups in total. The first kappa shape index (κ1) is 14.0. The summed E-state index contributed by atoms with van der Waals surface area (Å²) in [6, 6.07) is 12.0. The average Bonchev–Trinajstić information content (AvgIpc) is 2.90. The van der Waals surface area contributed by atoms with E-state index in [1.165, 1.54) is 0 Å². The Morgan fingerprint density at radius 1 is 1.24 bits per heavy atom. The smallest absolute Gasteiger partial charge is 0.133 e. The third-order valence-corrected chi connectivity index (χ3v) is 4.27. The van der Waals surface area contributed by atoms with Gasteiger partial charge in [0.1, 0.15) is 12.4 Å². The molecule has 1 heterocycles.